The van der Waals surface area contributed by atoms with Crippen molar-refractivity contribution in [1.82, 2.24) is 0 Å². The van der Waals surface area contributed by atoms with Gasteiger partial charge in [-0.05, 0) is 0 Å². The van der Waals surface area contributed by atoms with Gasteiger partial charge in [0, 0.05) is 0 Å². The van der Waals surface area contributed by atoms with Crippen LogP contribution in [0.25, 0.3) is 0 Å². The molecule has 0 unspecified atom stereocenters. The molecule has 0 spiro atoms. The molecule has 7 heteroatoms. The van der Waals surface area contributed by atoms with Crippen LogP contribution in [-0.2, 0) is 26.8 Å². The summed E-state index contributed by atoms with van der Waals surface area (Å²) in [6.07, 6.45) is 12.5. The maximum atomic E-state index is 13.7. The molecule has 0 radical (unpaired) electrons. The second-order valence-electron chi connectivity index (χ2n) is 9.34. The molecule has 3 aliphatic rings. The summed E-state index contributed by atoms with van der Waals surface area (Å²) in [6.45, 7) is 3.93. The second-order valence-corrected chi connectivity index (χ2v) is 20.6. The van der Waals surface area contributed by atoms with E-state index < -0.39 is 17.2 Å². The first kappa shape index (κ1) is 24.7. The number of rotatable bonds is 7. The summed E-state index contributed by atoms with van der Waals surface area (Å²) in [7, 11) is 0. The molecule has 0 saturated heterocycles. The molecule has 178 valence electrons. The molecule has 0 heterocycles. The van der Waals surface area contributed by atoms with E-state index in [1.807, 2.05) is 6.08 Å². The van der Waals surface area contributed by atoms with Crippen LogP contribution in [0, 0.1) is 0 Å². The average Bonchev–Trinajstić information content (AvgIpc) is 2.78. The second kappa shape index (κ2) is 10.4. The Morgan fingerprint density at radius 3 is 1.50 bits per heavy atom. The summed E-state index contributed by atoms with van der Waals surface area (Å²) < 4.78 is 47.4. The van der Waals surface area contributed by atoms with Gasteiger partial charge < -0.3 is 0 Å². The molecule has 0 bridgehead atoms. The molecule has 3 fully saturated rings. The first-order chi connectivity index (χ1) is 14.3. The third kappa shape index (κ3) is 4.72. The molecule has 0 N–H and O–H groups in total. The van der Waals surface area contributed by atoms with Gasteiger partial charge in [0.1, 0.15) is 0 Å². The number of hydrogen-bond acceptors (Lipinski definition) is 2. The molecular weight excluding hydrogens is 503 g/mol. The minimum absolute atomic E-state index is 0.0274. The number of carbonyl (C=O) groups excluding carboxylic acids is 1. The van der Waals surface area contributed by atoms with Gasteiger partial charge in [0.05, 0.1) is 0 Å². The van der Waals surface area contributed by atoms with Crippen LogP contribution in [0.5, 0.6) is 0 Å². The SMILES string of the molecule is C=C[CH2][Pd][P](OC(=O)C(F)(F)F)(C1CCCCC1)(C1CCCCC1)C1CCCCC1. The van der Waals surface area contributed by atoms with Crippen molar-refractivity contribution in [2.75, 3.05) is 0 Å². The van der Waals surface area contributed by atoms with Crippen LogP contribution >= 0.6 is 5.02 Å². The van der Waals surface area contributed by atoms with E-state index in [2.05, 4.69) is 6.58 Å². The van der Waals surface area contributed by atoms with Gasteiger partial charge in [-0.1, -0.05) is 0 Å². The van der Waals surface area contributed by atoms with E-state index in [0.29, 0.717) is 4.89 Å². The van der Waals surface area contributed by atoms with E-state index in [1.165, 1.54) is 0 Å². The molecular formula is C23H38F3O2PPd. The molecule has 30 heavy (non-hydrogen) atoms. The molecule has 0 aromatic rings. The summed E-state index contributed by atoms with van der Waals surface area (Å²) in [6, 6.07) is 0. The fourth-order valence-electron chi connectivity index (χ4n) is 6.47. The Morgan fingerprint density at radius 2 is 1.20 bits per heavy atom. The van der Waals surface area contributed by atoms with Crippen LogP contribution in [0.3, 0.4) is 0 Å². The Balaban J connectivity index is 2.20. The van der Waals surface area contributed by atoms with Crippen LogP contribution in [0.15, 0.2) is 12.7 Å². The normalized spacial score (nSPS) is 24.8. The number of halogens is 3. The third-order valence-corrected chi connectivity index (χ3v) is 24.4. The number of alkyl halides is 3. The van der Waals surface area contributed by atoms with Crippen molar-refractivity contribution in [2.24, 2.45) is 0 Å². The van der Waals surface area contributed by atoms with Gasteiger partial charge in [-0.3, -0.25) is 0 Å². The van der Waals surface area contributed by atoms with Crippen molar-refractivity contribution in [3.05, 3.63) is 12.7 Å². The van der Waals surface area contributed by atoms with E-state index in [0.717, 1.165) is 96.3 Å². The topological polar surface area (TPSA) is 26.3 Å². The summed E-state index contributed by atoms with van der Waals surface area (Å²) in [5.74, 6) is -1.88. The van der Waals surface area contributed by atoms with Crippen molar-refractivity contribution in [1.29, 1.82) is 0 Å². The molecule has 0 aliphatic heterocycles. The first-order valence-electron chi connectivity index (χ1n) is 11.8. The van der Waals surface area contributed by atoms with Gasteiger partial charge in [-0.2, -0.15) is 0 Å². The molecule has 0 amide bonds. The zero-order valence-corrected chi connectivity index (χ0v) is 20.5. The summed E-state index contributed by atoms with van der Waals surface area (Å²) in [5.41, 5.74) is 0.531. The Bertz CT molecular complexity index is 543. The molecule has 3 aliphatic carbocycles. The molecule has 0 atom stereocenters. The fourth-order valence-corrected chi connectivity index (χ4v) is 24.4. The zero-order valence-electron chi connectivity index (χ0n) is 18.0. The quantitative estimate of drug-likeness (QED) is 0.185. The molecule has 0 aromatic heterocycles. The molecule has 3 rings (SSSR count). The maximum absolute atomic E-state index is 13.7. The van der Waals surface area contributed by atoms with Crippen molar-refractivity contribution >= 4 is 11.0 Å². The first-order valence-corrected chi connectivity index (χ1v) is 17.2. The van der Waals surface area contributed by atoms with Crippen LogP contribution in [-0.4, -0.2) is 29.1 Å². The minimum atomic E-state index is -4.91. The van der Waals surface area contributed by atoms with Gasteiger partial charge in [0.25, 0.3) is 0 Å². The monoisotopic (exact) mass is 540 g/mol. The van der Waals surface area contributed by atoms with Crippen molar-refractivity contribution in [2.45, 2.75) is 124 Å². The van der Waals surface area contributed by atoms with E-state index >= 15 is 0 Å². The number of allylic oxidation sites excluding steroid dienone is 1. The predicted octanol–water partition coefficient (Wildman–Crippen LogP) is 8.16. The third-order valence-electron chi connectivity index (χ3n) is 7.65. The van der Waals surface area contributed by atoms with E-state index in [1.54, 1.807) is 0 Å². The summed E-state index contributed by atoms with van der Waals surface area (Å²) >= 11 is 0.0274. The average molecular weight is 541 g/mol. The Labute approximate surface area is 187 Å². The Hall–Kier alpha value is 0.0923. The number of carbonyl (C=O) groups is 1. The fraction of sp³-hybridized carbons (Fsp3) is 0.870. The Kier molecular flexibility index (Phi) is 8.53. The van der Waals surface area contributed by atoms with Crippen molar-refractivity contribution in [3.63, 3.8) is 0 Å². The van der Waals surface area contributed by atoms with E-state index in [9.17, 15) is 18.0 Å². The van der Waals surface area contributed by atoms with Crippen molar-refractivity contribution in [3.8, 4) is 0 Å². The van der Waals surface area contributed by atoms with Crippen LogP contribution in [0.1, 0.15) is 96.3 Å². The molecule has 2 nitrogen and oxygen atoms in total. The van der Waals surface area contributed by atoms with E-state index in [-0.39, 0.29) is 34.5 Å². The predicted molar refractivity (Wildman–Crippen MR) is 115 cm³/mol. The van der Waals surface area contributed by atoms with Gasteiger partial charge in [-0.15, -0.1) is 0 Å². The molecule has 0 aromatic carbocycles. The standard InChI is InChI=1S/C20H33F3O2P.C3H5.Pd/c21-20(22,23)19(24)25-26(16-10-4-1-5-11-16,17-12-6-2-7-13-17)18-14-8-3-9-15-18;1-3-2;/h16-18H,1-15H2;3H,1-2H2;/q+1;;-1. The van der Waals surface area contributed by atoms with Gasteiger partial charge >= 0.3 is 188 Å². The number of hydrogen-bond donors (Lipinski definition) is 0. The van der Waals surface area contributed by atoms with Gasteiger partial charge in [0.15, 0.2) is 0 Å². The van der Waals surface area contributed by atoms with E-state index in [4.69, 9.17) is 4.52 Å². The van der Waals surface area contributed by atoms with Crippen LogP contribution in [0.2, 0.25) is 4.89 Å². The van der Waals surface area contributed by atoms with Gasteiger partial charge in [-0.25, -0.2) is 0 Å². The summed E-state index contributed by atoms with van der Waals surface area (Å²) in [4.78, 5) is 13.4. The molecule has 3 saturated carbocycles. The Morgan fingerprint density at radius 1 is 0.833 bits per heavy atom. The zero-order chi connectivity index (χ0) is 21.7. The van der Waals surface area contributed by atoms with Crippen LogP contribution in [0.4, 0.5) is 13.2 Å². The van der Waals surface area contributed by atoms with Crippen molar-refractivity contribution < 1.29 is 40.0 Å². The van der Waals surface area contributed by atoms with Gasteiger partial charge in [0.2, 0.25) is 0 Å². The summed E-state index contributed by atoms with van der Waals surface area (Å²) in [5, 5.41) is -3.45. The van der Waals surface area contributed by atoms with Crippen LogP contribution < -0.4 is 0 Å².